The number of primary amides is 1. The van der Waals surface area contributed by atoms with Crippen molar-refractivity contribution in [1.82, 2.24) is 19.6 Å². The number of fused-ring (bicyclic) bond motifs is 1. The van der Waals surface area contributed by atoms with Gasteiger partial charge in [-0.05, 0) is 24.3 Å². The molecule has 2 N–H and O–H groups in total. The van der Waals surface area contributed by atoms with Crippen molar-refractivity contribution in [2.24, 2.45) is 5.73 Å². The maximum absolute atomic E-state index is 17.1. The van der Waals surface area contributed by atoms with Crippen LogP contribution < -0.4 is 10.6 Å². The zero-order chi connectivity index (χ0) is 27.2. The number of benzene rings is 1. The second-order valence-electron chi connectivity index (χ2n) is 9.11. The fourth-order valence-electron chi connectivity index (χ4n) is 5.09. The molecule has 13 heteroatoms. The minimum absolute atomic E-state index is 0.00923. The molecule has 2 aromatic rings. The molecule has 3 aliphatic rings. The lowest BCUT2D eigenvalue weighted by atomic mass is 9.94. The standard InChI is InChI=1S/C25H22F5N7O/c26-19-4-5-21(34-8-10-35(11-9-34)23(32)38)24(27,13-19)36-7-6-20(37-22(36)17(14-31)15-33-37)16-2-1-3-18(12-16)25(28,29)30/h1-6,12-13,15,21H,7-11H2,(H2,32,38). The van der Waals surface area contributed by atoms with Crippen molar-refractivity contribution in [3.05, 3.63) is 77.3 Å². The number of halogens is 5. The number of rotatable bonds is 3. The second kappa shape index (κ2) is 9.29. The van der Waals surface area contributed by atoms with Crippen molar-refractivity contribution < 1.29 is 26.7 Å². The van der Waals surface area contributed by atoms with Crippen LogP contribution in [0.25, 0.3) is 5.70 Å². The van der Waals surface area contributed by atoms with Crippen LogP contribution in [0, 0.1) is 11.3 Å². The molecule has 2 unspecified atom stereocenters. The molecule has 1 aromatic carbocycles. The molecule has 2 amide bonds. The van der Waals surface area contributed by atoms with Gasteiger partial charge in [0.25, 0.3) is 0 Å². The third-order valence-electron chi connectivity index (χ3n) is 6.93. The molecule has 2 aliphatic heterocycles. The highest BCUT2D eigenvalue weighted by atomic mass is 19.4. The Labute approximate surface area is 214 Å². The topological polar surface area (TPSA) is 94.4 Å². The van der Waals surface area contributed by atoms with Gasteiger partial charge in [-0.3, -0.25) is 4.90 Å². The van der Waals surface area contributed by atoms with Crippen molar-refractivity contribution in [3.8, 4) is 6.07 Å². The minimum Gasteiger partial charge on any atom is -0.351 e. The van der Waals surface area contributed by atoms with Gasteiger partial charge in [0.1, 0.15) is 17.5 Å². The van der Waals surface area contributed by atoms with Crippen LogP contribution in [-0.4, -0.2) is 70.2 Å². The molecule has 1 aromatic heterocycles. The Hall–Kier alpha value is -4.18. The summed E-state index contributed by atoms with van der Waals surface area (Å²) in [5.41, 5.74) is 4.86. The van der Waals surface area contributed by atoms with Crippen molar-refractivity contribution in [1.29, 1.82) is 5.26 Å². The Morgan fingerprint density at radius 1 is 1.21 bits per heavy atom. The number of nitrogens with two attached hydrogens (primary N) is 1. The van der Waals surface area contributed by atoms with Crippen LogP contribution in [0.3, 0.4) is 0 Å². The number of urea groups is 1. The van der Waals surface area contributed by atoms with E-state index < -0.39 is 35.4 Å². The van der Waals surface area contributed by atoms with E-state index in [1.807, 2.05) is 6.07 Å². The summed E-state index contributed by atoms with van der Waals surface area (Å²) in [4.78, 5) is 15.9. The number of anilines is 1. The molecule has 8 nitrogen and oxygen atoms in total. The molecule has 0 spiro atoms. The average molecular weight is 531 g/mol. The summed E-state index contributed by atoms with van der Waals surface area (Å²) >= 11 is 0. The number of hydrogen-bond donors (Lipinski definition) is 1. The highest BCUT2D eigenvalue weighted by Gasteiger charge is 2.50. The molecular weight excluding hydrogens is 509 g/mol. The van der Waals surface area contributed by atoms with Crippen molar-refractivity contribution in [2.45, 2.75) is 18.0 Å². The van der Waals surface area contributed by atoms with Gasteiger partial charge in [-0.15, -0.1) is 0 Å². The molecule has 198 valence electrons. The van der Waals surface area contributed by atoms with E-state index in [0.29, 0.717) is 0 Å². The van der Waals surface area contributed by atoms with E-state index in [9.17, 15) is 27.6 Å². The lowest BCUT2D eigenvalue weighted by molar-refractivity contribution is -0.137. The van der Waals surface area contributed by atoms with E-state index in [1.165, 1.54) is 45.0 Å². The van der Waals surface area contributed by atoms with Crippen molar-refractivity contribution >= 4 is 17.5 Å². The number of amides is 2. The van der Waals surface area contributed by atoms with Crippen molar-refractivity contribution in [2.75, 3.05) is 37.6 Å². The van der Waals surface area contributed by atoms with E-state index in [1.54, 1.807) is 4.90 Å². The zero-order valence-electron chi connectivity index (χ0n) is 19.9. The summed E-state index contributed by atoms with van der Waals surface area (Å²) < 4.78 is 72.9. The van der Waals surface area contributed by atoms with Crippen LogP contribution >= 0.6 is 0 Å². The predicted molar refractivity (Wildman–Crippen MR) is 128 cm³/mol. The number of aromatic nitrogens is 2. The zero-order valence-corrected chi connectivity index (χ0v) is 19.9. The van der Waals surface area contributed by atoms with Gasteiger partial charge in [-0.25, -0.2) is 18.3 Å². The van der Waals surface area contributed by atoms with Gasteiger partial charge >= 0.3 is 12.2 Å². The number of carbonyl (C=O) groups excluding carboxylic acids is 1. The molecule has 1 fully saturated rings. The Bertz CT molecular complexity index is 1400. The van der Waals surface area contributed by atoms with Crippen LogP contribution in [0.1, 0.15) is 16.7 Å². The molecule has 1 aliphatic carbocycles. The van der Waals surface area contributed by atoms with Gasteiger partial charge in [-0.2, -0.15) is 23.5 Å². The third-order valence-corrected chi connectivity index (χ3v) is 6.93. The number of nitrogens with zero attached hydrogens (tertiary/aromatic N) is 6. The van der Waals surface area contributed by atoms with Gasteiger partial charge < -0.3 is 15.5 Å². The second-order valence-corrected chi connectivity index (χ2v) is 9.11. The molecule has 0 saturated carbocycles. The minimum atomic E-state index is -4.58. The maximum atomic E-state index is 17.1. The summed E-state index contributed by atoms with van der Waals surface area (Å²) in [6, 6.07) is 4.96. The first-order chi connectivity index (χ1) is 18.0. The number of allylic oxidation sites excluding steroid dienone is 2. The van der Waals surface area contributed by atoms with E-state index >= 15 is 4.39 Å². The van der Waals surface area contributed by atoms with Crippen LogP contribution in [0.2, 0.25) is 0 Å². The van der Waals surface area contributed by atoms with Gasteiger partial charge in [0.2, 0.25) is 5.79 Å². The molecule has 1 saturated heterocycles. The number of piperazine rings is 1. The fraction of sp³-hybridized carbons (Fsp3) is 0.320. The Morgan fingerprint density at radius 2 is 1.95 bits per heavy atom. The molecular formula is C25H22F5N7O. The summed E-state index contributed by atoms with van der Waals surface area (Å²) in [5.74, 6) is -3.32. The lowest BCUT2D eigenvalue weighted by Crippen LogP contribution is -2.63. The Balaban J connectivity index is 1.55. The largest absolute Gasteiger partial charge is 0.416 e. The molecule has 5 rings (SSSR count). The highest BCUT2D eigenvalue weighted by molar-refractivity contribution is 5.76. The van der Waals surface area contributed by atoms with Gasteiger partial charge in [-0.1, -0.05) is 18.2 Å². The number of carbonyl (C=O) groups is 1. The first-order valence-corrected chi connectivity index (χ1v) is 11.7. The summed E-state index contributed by atoms with van der Waals surface area (Å²) in [6.07, 6.45) is 1.46. The molecule has 2 atom stereocenters. The third kappa shape index (κ3) is 4.30. The monoisotopic (exact) mass is 531 g/mol. The smallest absolute Gasteiger partial charge is 0.351 e. The first-order valence-electron chi connectivity index (χ1n) is 11.7. The predicted octanol–water partition coefficient (Wildman–Crippen LogP) is 3.64. The van der Waals surface area contributed by atoms with E-state index in [-0.39, 0.29) is 55.4 Å². The summed E-state index contributed by atoms with van der Waals surface area (Å²) in [5, 5.41) is 13.9. The molecule has 0 radical (unpaired) electrons. The van der Waals surface area contributed by atoms with E-state index in [2.05, 4.69) is 5.10 Å². The lowest BCUT2D eigenvalue weighted by Gasteiger charge is -2.48. The Morgan fingerprint density at radius 3 is 2.61 bits per heavy atom. The maximum Gasteiger partial charge on any atom is 0.416 e. The SMILES string of the molecule is N#Cc1cnn2c1N(C1(F)C=C(F)C=CC1N1CCN(C(N)=O)CC1)CC=C2c1cccc(C(F)(F)F)c1. The van der Waals surface area contributed by atoms with Crippen LogP contribution in [-0.2, 0) is 6.18 Å². The average Bonchev–Trinajstić information content (AvgIpc) is 3.32. The van der Waals surface area contributed by atoms with Gasteiger partial charge in [0.15, 0.2) is 5.82 Å². The van der Waals surface area contributed by atoms with Gasteiger partial charge in [0, 0.05) is 44.4 Å². The van der Waals surface area contributed by atoms with Crippen LogP contribution in [0.15, 0.2) is 60.6 Å². The van der Waals surface area contributed by atoms with Crippen LogP contribution in [0.5, 0.6) is 0 Å². The molecule has 0 bridgehead atoms. The summed E-state index contributed by atoms with van der Waals surface area (Å²) in [7, 11) is 0. The Kier molecular flexibility index (Phi) is 6.22. The van der Waals surface area contributed by atoms with Crippen LogP contribution in [0.4, 0.5) is 32.6 Å². The fourth-order valence-corrected chi connectivity index (χ4v) is 5.09. The van der Waals surface area contributed by atoms with Crippen molar-refractivity contribution in [3.63, 3.8) is 0 Å². The van der Waals surface area contributed by atoms with E-state index in [4.69, 9.17) is 5.73 Å². The van der Waals surface area contributed by atoms with Gasteiger partial charge in [0.05, 0.1) is 23.5 Å². The number of hydrogen-bond acceptors (Lipinski definition) is 5. The molecule has 38 heavy (non-hydrogen) atoms. The quantitative estimate of drug-likeness (QED) is 0.482. The highest BCUT2D eigenvalue weighted by Crippen LogP contribution is 2.42. The molecule has 3 heterocycles. The number of nitriles is 1. The normalized spacial score (nSPS) is 23.9. The first kappa shape index (κ1) is 25.5. The van der Waals surface area contributed by atoms with E-state index in [0.717, 1.165) is 24.3 Å². The summed E-state index contributed by atoms with van der Waals surface area (Å²) in [6.45, 7) is 0.856. The number of alkyl halides is 4.